The van der Waals surface area contributed by atoms with Crippen molar-refractivity contribution < 1.29 is 8.78 Å². The summed E-state index contributed by atoms with van der Waals surface area (Å²) < 4.78 is 26.8. The number of benzene rings is 1. The highest BCUT2D eigenvalue weighted by Crippen LogP contribution is 2.21. The fourth-order valence-corrected chi connectivity index (χ4v) is 2.79. The predicted octanol–water partition coefficient (Wildman–Crippen LogP) is 3.71. The Bertz CT molecular complexity index is 468. The van der Waals surface area contributed by atoms with Crippen molar-refractivity contribution in [1.82, 2.24) is 10.2 Å². The molecule has 0 aliphatic carbocycles. The van der Waals surface area contributed by atoms with Gasteiger partial charge < -0.3 is 5.32 Å². The average molecular weight is 296 g/mol. The van der Waals surface area contributed by atoms with Crippen molar-refractivity contribution in [2.24, 2.45) is 0 Å². The van der Waals surface area contributed by atoms with E-state index in [1.807, 2.05) is 0 Å². The van der Waals surface area contributed by atoms with Crippen LogP contribution in [0, 0.1) is 11.6 Å². The van der Waals surface area contributed by atoms with Crippen molar-refractivity contribution in [2.75, 3.05) is 13.1 Å². The minimum atomic E-state index is -0.513. The van der Waals surface area contributed by atoms with E-state index in [0.29, 0.717) is 18.2 Å². The van der Waals surface area contributed by atoms with Crippen LogP contribution in [0.5, 0.6) is 0 Å². The summed E-state index contributed by atoms with van der Waals surface area (Å²) in [6.07, 6.45) is 3.50. The van der Waals surface area contributed by atoms with Crippen LogP contribution < -0.4 is 5.32 Å². The van der Waals surface area contributed by atoms with Crippen molar-refractivity contribution in [1.29, 1.82) is 0 Å². The van der Waals surface area contributed by atoms with Gasteiger partial charge >= 0.3 is 0 Å². The lowest BCUT2D eigenvalue weighted by Gasteiger charge is -2.37. The highest BCUT2D eigenvalue weighted by atomic mass is 19.1. The summed E-state index contributed by atoms with van der Waals surface area (Å²) in [6, 6.07) is 4.29. The van der Waals surface area contributed by atoms with Crippen LogP contribution in [0.1, 0.15) is 45.6 Å². The summed E-state index contributed by atoms with van der Waals surface area (Å²) in [7, 11) is 0. The first-order valence-electron chi connectivity index (χ1n) is 7.78. The highest BCUT2D eigenvalue weighted by Gasteiger charge is 2.24. The minimum absolute atomic E-state index is 0.0875. The van der Waals surface area contributed by atoms with E-state index in [9.17, 15) is 8.78 Å². The van der Waals surface area contributed by atoms with Gasteiger partial charge in [-0.05, 0) is 46.2 Å². The Balaban J connectivity index is 2.01. The summed E-state index contributed by atoms with van der Waals surface area (Å²) >= 11 is 0. The maximum Gasteiger partial charge on any atom is 0.130 e. The number of halogens is 2. The Labute approximate surface area is 126 Å². The van der Waals surface area contributed by atoms with Gasteiger partial charge in [-0.2, -0.15) is 0 Å². The maximum absolute atomic E-state index is 13.8. The molecule has 1 aliphatic rings. The number of rotatable bonds is 4. The molecular weight excluding hydrogens is 270 g/mol. The highest BCUT2D eigenvalue weighted by molar-refractivity contribution is 5.18. The largest absolute Gasteiger partial charge is 0.311 e. The molecule has 0 saturated carbocycles. The second-order valence-electron chi connectivity index (χ2n) is 6.99. The Hall–Kier alpha value is -1.00. The second kappa shape index (κ2) is 6.84. The first kappa shape index (κ1) is 16.4. The first-order valence-corrected chi connectivity index (χ1v) is 7.78. The molecule has 1 aliphatic heterocycles. The molecule has 2 rings (SSSR count). The van der Waals surface area contributed by atoms with Crippen LogP contribution in [0.25, 0.3) is 0 Å². The van der Waals surface area contributed by atoms with Gasteiger partial charge in [0.15, 0.2) is 0 Å². The molecule has 21 heavy (non-hydrogen) atoms. The Kier molecular flexibility index (Phi) is 5.33. The van der Waals surface area contributed by atoms with Crippen LogP contribution >= 0.6 is 0 Å². The van der Waals surface area contributed by atoms with E-state index in [0.717, 1.165) is 32.0 Å². The van der Waals surface area contributed by atoms with Crippen molar-refractivity contribution in [3.63, 3.8) is 0 Å². The Morgan fingerprint density at radius 2 is 2.00 bits per heavy atom. The van der Waals surface area contributed by atoms with Crippen molar-refractivity contribution in [2.45, 2.75) is 58.2 Å². The molecule has 1 unspecified atom stereocenters. The average Bonchev–Trinajstić information content (AvgIpc) is 2.40. The lowest BCUT2D eigenvalue weighted by atomic mass is 9.99. The van der Waals surface area contributed by atoms with Gasteiger partial charge in [-0.3, -0.25) is 4.90 Å². The van der Waals surface area contributed by atoms with E-state index in [1.165, 1.54) is 12.5 Å². The van der Waals surface area contributed by atoms with E-state index in [4.69, 9.17) is 0 Å². The van der Waals surface area contributed by atoms with Gasteiger partial charge in [0.1, 0.15) is 11.6 Å². The minimum Gasteiger partial charge on any atom is -0.311 e. The molecule has 4 heteroatoms. The molecule has 0 radical (unpaired) electrons. The van der Waals surface area contributed by atoms with E-state index in [-0.39, 0.29) is 5.54 Å². The van der Waals surface area contributed by atoms with E-state index >= 15 is 0 Å². The predicted molar refractivity (Wildman–Crippen MR) is 82.2 cm³/mol. The lowest BCUT2D eigenvalue weighted by Crippen LogP contribution is -2.49. The SMILES string of the molecule is CC(C)(C)NCC1CCCCN1Cc1ccc(F)cc1F. The third kappa shape index (κ3) is 5.04. The molecule has 1 atom stereocenters. The van der Waals surface area contributed by atoms with Crippen LogP contribution in [0.4, 0.5) is 8.78 Å². The van der Waals surface area contributed by atoms with Gasteiger partial charge in [0, 0.05) is 36.3 Å². The molecule has 1 saturated heterocycles. The number of piperidine rings is 1. The number of nitrogens with one attached hydrogen (secondary N) is 1. The molecule has 1 heterocycles. The molecule has 1 N–H and O–H groups in total. The van der Waals surface area contributed by atoms with Crippen LogP contribution in [-0.4, -0.2) is 29.6 Å². The molecular formula is C17H26F2N2. The molecule has 1 aromatic rings. The second-order valence-corrected chi connectivity index (χ2v) is 6.99. The van der Waals surface area contributed by atoms with Crippen molar-refractivity contribution >= 4 is 0 Å². The fraction of sp³-hybridized carbons (Fsp3) is 0.647. The first-order chi connectivity index (χ1) is 9.85. The molecule has 1 aromatic carbocycles. The van der Waals surface area contributed by atoms with E-state index in [1.54, 1.807) is 6.07 Å². The molecule has 0 aromatic heterocycles. The third-order valence-electron chi connectivity index (χ3n) is 4.01. The Morgan fingerprint density at radius 3 is 2.67 bits per heavy atom. The number of hydrogen-bond acceptors (Lipinski definition) is 2. The zero-order chi connectivity index (χ0) is 15.5. The molecule has 1 fully saturated rings. The van der Waals surface area contributed by atoms with Gasteiger partial charge in [0.05, 0.1) is 0 Å². The standard InChI is InChI=1S/C17H26F2N2/c1-17(2,3)20-11-15-6-4-5-9-21(15)12-13-7-8-14(18)10-16(13)19/h7-8,10,15,20H,4-6,9,11-12H2,1-3H3. The van der Waals surface area contributed by atoms with Gasteiger partial charge in [0.2, 0.25) is 0 Å². The molecule has 118 valence electrons. The smallest absolute Gasteiger partial charge is 0.130 e. The molecule has 0 spiro atoms. The van der Waals surface area contributed by atoms with Crippen LogP contribution in [0.3, 0.4) is 0 Å². The fourth-order valence-electron chi connectivity index (χ4n) is 2.79. The lowest BCUT2D eigenvalue weighted by molar-refractivity contribution is 0.129. The van der Waals surface area contributed by atoms with Crippen LogP contribution in [0.15, 0.2) is 18.2 Å². The van der Waals surface area contributed by atoms with Gasteiger partial charge in [-0.15, -0.1) is 0 Å². The molecule has 0 amide bonds. The Morgan fingerprint density at radius 1 is 1.24 bits per heavy atom. The van der Waals surface area contributed by atoms with Crippen molar-refractivity contribution in [3.8, 4) is 0 Å². The van der Waals surface area contributed by atoms with E-state index < -0.39 is 11.6 Å². The van der Waals surface area contributed by atoms with Crippen molar-refractivity contribution in [3.05, 3.63) is 35.4 Å². The van der Waals surface area contributed by atoms with Gasteiger partial charge in [0.25, 0.3) is 0 Å². The monoisotopic (exact) mass is 296 g/mol. The van der Waals surface area contributed by atoms with Gasteiger partial charge in [-0.25, -0.2) is 8.78 Å². The summed E-state index contributed by atoms with van der Waals surface area (Å²) in [5.41, 5.74) is 0.670. The van der Waals surface area contributed by atoms with E-state index in [2.05, 4.69) is 31.0 Å². The summed E-state index contributed by atoms with van der Waals surface area (Å²) in [4.78, 5) is 2.32. The topological polar surface area (TPSA) is 15.3 Å². The quantitative estimate of drug-likeness (QED) is 0.911. The summed E-state index contributed by atoms with van der Waals surface area (Å²) in [5.74, 6) is -0.955. The zero-order valence-corrected chi connectivity index (χ0v) is 13.3. The number of hydrogen-bond donors (Lipinski definition) is 1. The zero-order valence-electron chi connectivity index (χ0n) is 13.3. The molecule has 2 nitrogen and oxygen atoms in total. The van der Waals surface area contributed by atoms with Crippen LogP contribution in [0.2, 0.25) is 0 Å². The normalized spacial score (nSPS) is 20.7. The third-order valence-corrected chi connectivity index (χ3v) is 4.01. The summed E-state index contributed by atoms with van der Waals surface area (Å²) in [5, 5.41) is 3.54. The summed E-state index contributed by atoms with van der Waals surface area (Å²) in [6.45, 7) is 8.90. The maximum atomic E-state index is 13.8. The number of likely N-dealkylation sites (tertiary alicyclic amines) is 1. The molecule has 0 bridgehead atoms. The van der Waals surface area contributed by atoms with Gasteiger partial charge in [-0.1, -0.05) is 12.5 Å². The number of nitrogens with zero attached hydrogens (tertiary/aromatic N) is 1. The van der Waals surface area contributed by atoms with Crippen LogP contribution in [-0.2, 0) is 6.54 Å².